The Balaban J connectivity index is 1.90. The van der Waals surface area contributed by atoms with Gasteiger partial charge >= 0.3 is 5.00 Å². The van der Waals surface area contributed by atoms with E-state index in [2.05, 4.69) is 6.07 Å². The Morgan fingerprint density at radius 2 is 1.81 bits per heavy atom. The number of thiophene rings is 1. The van der Waals surface area contributed by atoms with E-state index in [4.69, 9.17) is 4.74 Å². The molecule has 0 aliphatic carbocycles. The van der Waals surface area contributed by atoms with Crippen molar-refractivity contribution in [3.8, 4) is 11.8 Å². The fourth-order valence-electron chi connectivity index (χ4n) is 4.83. The second-order valence-corrected chi connectivity index (χ2v) is 9.60. The highest BCUT2D eigenvalue weighted by Crippen LogP contribution is 2.49. The van der Waals surface area contributed by atoms with Crippen molar-refractivity contribution in [2.24, 2.45) is 0 Å². The molecule has 1 aliphatic rings. The third-order valence-electron chi connectivity index (χ3n) is 6.56. The predicted molar refractivity (Wildman–Crippen MR) is 134 cm³/mol. The largest absolute Gasteiger partial charge is 0.379 e. The lowest BCUT2D eigenvalue weighted by Crippen LogP contribution is -2.51. The number of benzene rings is 2. The molecule has 1 saturated heterocycles. The van der Waals surface area contributed by atoms with Gasteiger partial charge in [0.25, 0.3) is 5.56 Å². The van der Waals surface area contributed by atoms with Crippen LogP contribution in [0.4, 0.5) is 13.8 Å². The highest BCUT2D eigenvalue weighted by atomic mass is 32.1. The molecule has 5 rings (SSSR count). The number of aromatic nitrogens is 1. The van der Waals surface area contributed by atoms with E-state index in [-0.39, 0.29) is 21.0 Å². The van der Waals surface area contributed by atoms with Gasteiger partial charge in [0.1, 0.15) is 16.5 Å². The number of nitro groups is 1. The number of nitriles is 1. The van der Waals surface area contributed by atoms with Gasteiger partial charge in [0.2, 0.25) is 0 Å². The number of ether oxygens (including phenoxy) is 1. The lowest BCUT2D eigenvalue weighted by Gasteiger charge is -2.41. The van der Waals surface area contributed by atoms with Crippen molar-refractivity contribution >= 4 is 26.6 Å². The molecule has 4 aromatic rings. The number of rotatable bonds is 5. The van der Waals surface area contributed by atoms with Crippen LogP contribution in [0.25, 0.3) is 15.9 Å². The second kappa shape index (κ2) is 9.48. The Kier molecular flexibility index (Phi) is 6.33. The molecule has 0 spiro atoms. The maximum absolute atomic E-state index is 14.3. The van der Waals surface area contributed by atoms with E-state index in [1.54, 1.807) is 11.8 Å². The molecule has 0 bridgehead atoms. The summed E-state index contributed by atoms with van der Waals surface area (Å²) in [5, 5.41) is 23.2. The number of halogens is 2. The van der Waals surface area contributed by atoms with Gasteiger partial charge in [0.15, 0.2) is 5.54 Å². The highest BCUT2D eigenvalue weighted by Gasteiger charge is 2.49. The minimum Gasteiger partial charge on any atom is -0.379 e. The zero-order valence-electron chi connectivity index (χ0n) is 19.6. The Morgan fingerprint density at radius 1 is 1.11 bits per heavy atom. The number of nitrogens with zero attached hydrogens (tertiary/aromatic N) is 4. The summed E-state index contributed by atoms with van der Waals surface area (Å²) in [6, 6.07) is 14.5. The van der Waals surface area contributed by atoms with Gasteiger partial charge in [-0.05, 0) is 71.9 Å². The molecule has 1 aliphatic heterocycles. The Bertz CT molecular complexity index is 1620. The van der Waals surface area contributed by atoms with Gasteiger partial charge in [-0.1, -0.05) is 6.07 Å². The van der Waals surface area contributed by atoms with Crippen molar-refractivity contribution < 1.29 is 18.4 Å². The topological polar surface area (TPSA) is 101 Å². The SMILES string of the molecule is Cc1cc(C(C#N)(c2c([N+](=O)[O-])sc3c2ccc(=O)n3-c2ccc(F)cc2)N2CCOCC2)ccc1F. The Labute approximate surface area is 213 Å². The Hall–Kier alpha value is -3.98. The maximum atomic E-state index is 14.3. The third-order valence-corrected chi connectivity index (χ3v) is 7.70. The molecule has 37 heavy (non-hydrogen) atoms. The van der Waals surface area contributed by atoms with Crippen molar-refractivity contribution in [2.75, 3.05) is 26.3 Å². The highest BCUT2D eigenvalue weighted by molar-refractivity contribution is 7.22. The molecule has 0 amide bonds. The minimum atomic E-state index is -1.67. The van der Waals surface area contributed by atoms with Crippen molar-refractivity contribution in [2.45, 2.75) is 12.5 Å². The van der Waals surface area contributed by atoms with Crippen LogP contribution in [0.3, 0.4) is 0 Å². The molecule has 8 nitrogen and oxygen atoms in total. The number of hydrogen-bond acceptors (Lipinski definition) is 7. The summed E-state index contributed by atoms with van der Waals surface area (Å²) in [6.07, 6.45) is 0. The molecule has 1 fully saturated rings. The van der Waals surface area contributed by atoms with E-state index in [1.165, 1.54) is 59.2 Å². The lowest BCUT2D eigenvalue weighted by molar-refractivity contribution is -0.381. The van der Waals surface area contributed by atoms with E-state index < -0.39 is 27.7 Å². The molecule has 2 aromatic carbocycles. The number of pyridine rings is 1. The van der Waals surface area contributed by atoms with Crippen molar-refractivity contribution in [3.63, 3.8) is 0 Å². The summed E-state index contributed by atoms with van der Waals surface area (Å²) >= 11 is 0.767. The van der Waals surface area contributed by atoms with Gasteiger partial charge in [-0.15, -0.1) is 0 Å². The van der Waals surface area contributed by atoms with Crippen LogP contribution in [0.15, 0.2) is 59.4 Å². The standard InChI is InChI=1S/C26H20F2N4O4S/c1-16-14-17(2-8-21(16)28)26(15-29,30-10-12-36-13-11-30)23-20-7-9-22(33)31(19-5-3-18(27)4-6-19)24(20)37-25(23)32(34)35/h2-9,14H,10-13H2,1H3. The second-order valence-electron chi connectivity index (χ2n) is 8.63. The van der Waals surface area contributed by atoms with E-state index >= 15 is 0 Å². The number of fused-ring (bicyclic) bond motifs is 1. The Morgan fingerprint density at radius 3 is 2.43 bits per heavy atom. The average molecular weight is 523 g/mol. The molecule has 11 heteroatoms. The molecule has 1 unspecified atom stereocenters. The van der Waals surface area contributed by atoms with Gasteiger partial charge in [-0.25, -0.2) is 8.78 Å². The fourth-order valence-corrected chi connectivity index (χ4v) is 6.01. The summed E-state index contributed by atoms with van der Waals surface area (Å²) in [6.45, 7) is 2.78. The molecule has 1 atom stereocenters. The van der Waals surface area contributed by atoms with Crippen LogP contribution in [0.1, 0.15) is 16.7 Å². The van der Waals surface area contributed by atoms with Crippen LogP contribution in [0, 0.1) is 40.0 Å². The first-order chi connectivity index (χ1) is 17.8. The fraction of sp³-hybridized carbons (Fsp3) is 0.231. The van der Waals surface area contributed by atoms with Crippen molar-refractivity contribution in [1.29, 1.82) is 5.26 Å². The van der Waals surface area contributed by atoms with Gasteiger partial charge < -0.3 is 4.74 Å². The van der Waals surface area contributed by atoms with Crippen molar-refractivity contribution in [1.82, 2.24) is 9.47 Å². The first kappa shape index (κ1) is 24.7. The number of aryl methyl sites for hydroxylation is 1. The molecule has 0 N–H and O–H groups in total. The lowest BCUT2D eigenvalue weighted by atomic mass is 9.80. The zero-order chi connectivity index (χ0) is 26.3. The van der Waals surface area contributed by atoms with Crippen LogP contribution in [-0.4, -0.2) is 40.7 Å². The van der Waals surface area contributed by atoms with E-state index in [9.17, 15) is 29.0 Å². The van der Waals surface area contributed by atoms with Crippen LogP contribution >= 0.6 is 11.3 Å². The first-order valence-electron chi connectivity index (χ1n) is 11.4. The van der Waals surface area contributed by atoms with Gasteiger partial charge in [0.05, 0.1) is 35.5 Å². The van der Waals surface area contributed by atoms with Gasteiger partial charge in [-0.2, -0.15) is 5.26 Å². The normalized spacial score (nSPS) is 15.8. The summed E-state index contributed by atoms with van der Waals surface area (Å²) in [5.74, 6) is -0.961. The third kappa shape index (κ3) is 3.99. The van der Waals surface area contributed by atoms with Gasteiger partial charge in [-0.3, -0.25) is 24.4 Å². The molecule has 2 aromatic heterocycles. The molecule has 3 heterocycles. The maximum Gasteiger partial charge on any atom is 0.333 e. The molecular weight excluding hydrogens is 502 g/mol. The molecule has 0 radical (unpaired) electrons. The van der Waals surface area contributed by atoms with Gasteiger partial charge in [0, 0.05) is 24.5 Å². The average Bonchev–Trinajstić information content (AvgIpc) is 3.28. The van der Waals surface area contributed by atoms with E-state index in [1.807, 2.05) is 0 Å². The summed E-state index contributed by atoms with van der Waals surface area (Å²) in [7, 11) is 0. The van der Waals surface area contributed by atoms with E-state index in [0.29, 0.717) is 42.9 Å². The van der Waals surface area contributed by atoms with Crippen LogP contribution in [0.5, 0.6) is 0 Å². The molecule has 0 saturated carbocycles. The zero-order valence-corrected chi connectivity index (χ0v) is 20.4. The van der Waals surface area contributed by atoms with Crippen LogP contribution in [0.2, 0.25) is 0 Å². The minimum absolute atomic E-state index is 0.101. The summed E-state index contributed by atoms with van der Waals surface area (Å²) in [4.78, 5) is 26.9. The summed E-state index contributed by atoms with van der Waals surface area (Å²) < 4.78 is 34.6. The first-order valence-corrected chi connectivity index (χ1v) is 12.2. The summed E-state index contributed by atoms with van der Waals surface area (Å²) in [5.41, 5.74) is -1.05. The predicted octanol–water partition coefficient (Wildman–Crippen LogP) is 4.65. The van der Waals surface area contributed by atoms with Crippen molar-refractivity contribution in [3.05, 3.63) is 103 Å². The number of hydrogen-bond donors (Lipinski definition) is 0. The quantitative estimate of drug-likeness (QED) is 0.279. The van der Waals surface area contributed by atoms with E-state index in [0.717, 1.165) is 11.3 Å². The monoisotopic (exact) mass is 522 g/mol. The van der Waals surface area contributed by atoms with Crippen LogP contribution < -0.4 is 5.56 Å². The molecule has 188 valence electrons. The molecular formula is C26H20F2N4O4S. The number of morpholine rings is 1. The van der Waals surface area contributed by atoms with Crippen LogP contribution in [-0.2, 0) is 10.3 Å². The smallest absolute Gasteiger partial charge is 0.333 e.